The van der Waals surface area contributed by atoms with Crippen LogP contribution in [-0.4, -0.2) is 11.3 Å². The second kappa shape index (κ2) is 5.21. The van der Waals surface area contributed by atoms with Crippen LogP contribution in [0.4, 0.5) is 10.1 Å². The van der Waals surface area contributed by atoms with E-state index < -0.39 is 0 Å². The molecule has 0 aliphatic heterocycles. The Morgan fingerprint density at radius 3 is 3.00 bits per heavy atom. The molecule has 0 amide bonds. The molecule has 1 N–H and O–H groups in total. The maximum Gasteiger partial charge on any atom is 0.153 e. The molecule has 0 atom stereocenters. The number of rotatable bonds is 4. The molecular formula is C13H11FN2O. The van der Waals surface area contributed by atoms with Crippen molar-refractivity contribution >= 4 is 12.0 Å². The summed E-state index contributed by atoms with van der Waals surface area (Å²) < 4.78 is 12.9. The summed E-state index contributed by atoms with van der Waals surface area (Å²) in [4.78, 5) is 14.6. The lowest BCUT2D eigenvalue weighted by Gasteiger charge is -2.08. The zero-order valence-corrected chi connectivity index (χ0v) is 9.06. The molecule has 17 heavy (non-hydrogen) atoms. The predicted molar refractivity (Wildman–Crippen MR) is 63.4 cm³/mol. The molecule has 1 aromatic carbocycles. The monoisotopic (exact) mass is 230 g/mol. The van der Waals surface area contributed by atoms with Crippen LogP contribution in [-0.2, 0) is 6.54 Å². The molecule has 0 saturated carbocycles. The van der Waals surface area contributed by atoms with Gasteiger partial charge in [-0.25, -0.2) is 4.39 Å². The number of aromatic nitrogens is 1. The van der Waals surface area contributed by atoms with E-state index in [1.807, 2.05) is 6.07 Å². The minimum Gasteiger partial charge on any atom is -0.380 e. The molecule has 86 valence electrons. The molecule has 0 radical (unpaired) electrons. The Kier molecular flexibility index (Phi) is 3.45. The Labute approximate surface area is 98.3 Å². The molecule has 4 heteroatoms. The van der Waals surface area contributed by atoms with Crippen LogP contribution in [0.5, 0.6) is 0 Å². The Bertz CT molecular complexity index is 528. The van der Waals surface area contributed by atoms with E-state index in [4.69, 9.17) is 0 Å². The number of benzene rings is 1. The fraction of sp³-hybridized carbons (Fsp3) is 0.0769. The van der Waals surface area contributed by atoms with E-state index in [9.17, 15) is 9.18 Å². The minimum absolute atomic E-state index is 0.269. The lowest BCUT2D eigenvalue weighted by molar-refractivity contribution is 0.112. The number of hydrogen-bond acceptors (Lipinski definition) is 3. The summed E-state index contributed by atoms with van der Waals surface area (Å²) in [6.45, 7) is 0.461. The maximum absolute atomic E-state index is 12.9. The molecule has 0 saturated heterocycles. The van der Waals surface area contributed by atoms with Crippen molar-refractivity contribution in [3.63, 3.8) is 0 Å². The number of anilines is 1. The number of halogens is 1. The Morgan fingerprint density at radius 2 is 2.24 bits per heavy atom. The van der Waals surface area contributed by atoms with E-state index in [1.54, 1.807) is 18.3 Å². The number of pyridine rings is 1. The van der Waals surface area contributed by atoms with Crippen molar-refractivity contribution < 1.29 is 9.18 Å². The van der Waals surface area contributed by atoms with E-state index in [1.165, 1.54) is 18.3 Å². The van der Waals surface area contributed by atoms with Crippen LogP contribution >= 0.6 is 0 Å². The number of carbonyl (C=O) groups excluding carboxylic acids is 1. The highest BCUT2D eigenvalue weighted by Gasteiger charge is 2.01. The summed E-state index contributed by atoms with van der Waals surface area (Å²) in [6, 6.07) is 8.03. The van der Waals surface area contributed by atoms with Crippen molar-refractivity contribution in [1.82, 2.24) is 4.98 Å². The van der Waals surface area contributed by atoms with Crippen molar-refractivity contribution in [3.05, 3.63) is 59.7 Å². The van der Waals surface area contributed by atoms with Gasteiger partial charge in [-0.1, -0.05) is 12.1 Å². The Hall–Kier alpha value is -2.23. The van der Waals surface area contributed by atoms with Crippen LogP contribution in [0.25, 0.3) is 0 Å². The van der Waals surface area contributed by atoms with Gasteiger partial charge in [0.05, 0.1) is 5.56 Å². The molecule has 3 nitrogen and oxygen atoms in total. The zero-order valence-electron chi connectivity index (χ0n) is 9.06. The van der Waals surface area contributed by atoms with Crippen molar-refractivity contribution in [2.75, 3.05) is 5.32 Å². The third kappa shape index (κ3) is 2.87. The quantitative estimate of drug-likeness (QED) is 0.821. The van der Waals surface area contributed by atoms with E-state index >= 15 is 0 Å². The molecule has 1 aromatic heterocycles. The second-order valence-electron chi connectivity index (χ2n) is 3.56. The van der Waals surface area contributed by atoms with Crippen LogP contribution < -0.4 is 5.32 Å². The molecule has 0 bridgehead atoms. The van der Waals surface area contributed by atoms with Crippen LogP contribution in [0, 0.1) is 5.82 Å². The standard InChI is InChI=1S/C13H11FN2O/c14-12-3-1-2-10(6-12)7-16-13-4-5-15-8-11(13)9-17/h1-6,8-9H,7H2,(H,15,16). The van der Waals surface area contributed by atoms with Crippen molar-refractivity contribution in [3.8, 4) is 0 Å². The average Bonchev–Trinajstić information content (AvgIpc) is 2.37. The smallest absolute Gasteiger partial charge is 0.153 e. The minimum atomic E-state index is -0.269. The van der Waals surface area contributed by atoms with E-state index in [0.29, 0.717) is 17.8 Å². The van der Waals surface area contributed by atoms with Gasteiger partial charge in [-0.05, 0) is 23.8 Å². The van der Waals surface area contributed by atoms with Crippen LogP contribution in [0.15, 0.2) is 42.7 Å². The molecular weight excluding hydrogens is 219 g/mol. The highest BCUT2D eigenvalue weighted by Crippen LogP contribution is 2.13. The number of carbonyl (C=O) groups is 1. The topological polar surface area (TPSA) is 42.0 Å². The van der Waals surface area contributed by atoms with Gasteiger partial charge in [-0.2, -0.15) is 0 Å². The Balaban J connectivity index is 2.09. The first kappa shape index (κ1) is 11.3. The lowest BCUT2D eigenvalue weighted by atomic mass is 10.2. The van der Waals surface area contributed by atoms with Gasteiger partial charge in [-0.3, -0.25) is 9.78 Å². The van der Waals surface area contributed by atoms with Gasteiger partial charge in [0.15, 0.2) is 6.29 Å². The third-order valence-corrected chi connectivity index (χ3v) is 2.35. The normalized spacial score (nSPS) is 9.94. The fourth-order valence-electron chi connectivity index (χ4n) is 1.51. The van der Waals surface area contributed by atoms with Crippen molar-refractivity contribution in [2.45, 2.75) is 6.54 Å². The van der Waals surface area contributed by atoms with E-state index in [-0.39, 0.29) is 5.82 Å². The first-order chi connectivity index (χ1) is 8.29. The first-order valence-corrected chi connectivity index (χ1v) is 5.17. The zero-order chi connectivity index (χ0) is 12.1. The average molecular weight is 230 g/mol. The van der Waals surface area contributed by atoms with Gasteiger partial charge < -0.3 is 5.32 Å². The predicted octanol–water partition coefficient (Wildman–Crippen LogP) is 2.65. The number of nitrogens with one attached hydrogen (secondary N) is 1. The van der Waals surface area contributed by atoms with E-state index in [2.05, 4.69) is 10.3 Å². The molecule has 0 spiro atoms. The highest BCUT2D eigenvalue weighted by molar-refractivity contribution is 5.83. The number of nitrogens with zero attached hydrogens (tertiary/aromatic N) is 1. The summed E-state index contributed by atoms with van der Waals surface area (Å²) in [6.07, 6.45) is 3.82. The van der Waals surface area contributed by atoms with Gasteiger partial charge in [0.25, 0.3) is 0 Å². The third-order valence-electron chi connectivity index (χ3n) is 2.35. The summed E-state index contributed by atoms with van der Waals surface area (Å²) in [5.74, 6) is -0.269. The highest BCUT2D eigenvalue weighted by atomic mass is 19.1. The number of aldehydes is 1. The van der Waals surface area contributed by atoms with Crippen LogP contribution in [0.2, 0.25) is 0 Å². The Morgan fingerprint density at radius 1 is 1.35 bits per heavy atom. The lowest BCUT2D eigenvalue weighted by Crippen LogP contribution is -2.02. The van der Waals surface area contributed by atoms with E-state index in [0.717, 1.165) is 11.8 Å². The van der Waals surface area contributed by atoms with Gasteiger partial charge >= 0.3 is 0 Å². The summed E-state index contributed by atoms with van der Waals surface area (Å²) in [5.41, 5.74) is 2.00. The molecule has 0 fully saturated rings. The fourth-order valence-corrected chi connectivity index (χ4v) is 1.51. The molecule has 0 unspecified atom stereocenters. The molecule has 0 aliphatic carbocycles. The van der Waals surface area contributed by atoms with Crippen LogP contribution in [0.1, 0.15) is 15.9 Å². The van der Waals surface area contributed by atoms with Gasteiger partial charge in [0, 0.05) is 24.6 Å². The van der Waals surface area contributed by atoms with Gasteiger partial charge in [0.2, 0.25) is 0 Å². The van der Waals surface area contributed by atoms with Gasteiger partial charge in [-0.15, -0.1) is 0 Å². The summed E-state index contributed by atoms with van der Waals surface area (Å²) >= 11 is 0. The summed E-state index contributed by atoms with van der Waals surface area (Å²) in [7, 11) is 0. The second-order valence-corrected chi connectivity index (χ2v) is 3.56. The maximum atomic E-state index is 12.9. The molecule has 0 aliphatic rings. The summed E-state index contributed by atoms with van der Waals surface area (Å²) in [5, 5.41) is 3.07. The van der Waals surface area contributed by atoms with Crippen molar-refractivity contribution in [1.29, 1.82) is 0 Å². The molecule has 2 rings (SSSR count). The van der Waals surface area contributed by atoms with Gasteiger partial charge in [0.1, 0.15) is 5.82 Å². The van der Waals surface area contributed by atoms with Crippen molar-refractivity contribution in [2.24, 2.45) is 0 Å². The first-order valence-electron chi connectivity index (χ1n) is 5.17. The molecule has 1 heterocycles. The van der Waals surface area contributed by atoms with Crippen LogP contribution in [0.3, 0.4) is 0 Å². The largest absolute Gasteiger partial charge is 0.380 e. The number of hydrogen-bond donors (Lipinski definition) is 1. The molecule has 2 aromatic rings. The SMILES string of the molecule is O=Cc1cnccc1NCc1cccc(F)c1.